The molecule has 4 rings (SSSR count). The maximum Gasteiger partial charge on any atom is 0.287 e. The molecule has 1 heterocycles. The lowest BCUT2D eigenvalue weighted by Gasteiger charge is -2.15. The number of hydrazone groups is 1. The molecule has 1 aliphatic heterocycles. The Kier molecular flexibility index (Phi) is 7.29. The first kappa shape index (κ1) is 24.7. The minimum absolute atomic E-state index is 0.0689. The summed E-state index contributed by atoms with van der Waals surface area (Å²) in [6.07, 6.45) is 2.36. The van der Waals surface area contributed by atoms with Gasteiger partial charge < -0.3 is 24.6 Å². The molecule has 12 nitrogen and oxygen atoms in total. The van der Waals surface area contributed by atoms with Gasteiger partial charge in [-0.25, -0.2) is 5.43 Å². The number of nitrogens with one attached hydrogen (secondary N) is 2. The predicted molar refractivity (Wildman–Crippen MR) is 129 cm³/mol. The molecule has 12 heteroatoms. The summed E-state index contributed by atoms with van der Waals surface area (Å²) in [5.41, 5.74) is 2.33. The zero-order valence-corrected chi connectivity index (χ0v) is 19.3. The van der Waals surface area contributed by atoms with E-state index < -0.39 is 22.5 Å². The minimum atomic E-state index is -0.817. The number of nitro groups is 1. The van der Waals surface area contributed by atoms with Crippen molar-refractivity contribution >= 4 is 29.8 Å². The number of fused-ring (bicyclic) bond motifs is 1. The van der Waals surface area contributed by atoms with Crippen molar-refractivity contribution in [2.45, 2.75) is 0 Å². The molecule has 3 aromatic rings. The van der Waals surface area contributed by atoms with Gasteiger partial charge in [0, 0.05) is 11.6 Å². The maximum atomic E-state index is 12.9. The molecule has 2 amide bonds. The summed E-state index contributed by atoms with van der Waals surface area (Å²) in [7, 11) is 1.20. The van der Waals surface area contributed by atoms with Crippen molar-refractivity contribution < 1.29 is 33.8 Å². The molecule has 2 N–H and O–H groups in total. The molecule has 0 fully saturated rings. The highest BCUT2D eigenvalue weighted by Crippen LogP contribution is 2.33. The van der Waals surface area contributed by atoms with Crippen LogP contribution in [0.1, 0.15) is 21.5 Å². The molecule has 0 atom stereocenters. The molecule has 1 aliphatic rings. The number of amides is 2. The van der Waals surface area contributed by atoms with Crippen molar-refractivity contribution in [3.63, 3.8) is 0 Å². The van der Waals surface area contributed by atoms with Crippen molar-refractivity contribution in [1.29, 1.82) is 0 Å². The molecule has 0 aliphatic carbocycles. The third-order valence-corrected chi connectivity index (χ3v) is 5.11. The highest BCUT2D eigenvalue weighted by Gasteiger charge is 2.17. The maximum absolute atomic E-state index is 12.9. The number of rotatable bonds is 8. The van der Waals surface area contributed by atoms with Gasteiger partial charge in [-0.15, -0.1) is 0 Å². The van der Waals surface area contributed by atoms with Gasteiger partial charge in [0.25, 0.3) is 17.5 Å². The molecule has 3 aromatic carbocycles. The van der Waals surface area contributed by atoms with Crippen LogP contribution in [0.2, 0.25) is 0 Å². The van der Waals surface area contributed by atoms with E-state index in [0.717, 1.165) is 18.3 Å². The SMILES string of the molecule is COc1cc([N+](=O)[O-])cc(/C=N\NC(=O)C(=Cc2ccc3c(c2)OCO3)NC(=O)c2ccccc2)c1[O-]. The molecular weight excluding hydrogens is 484 g/mol. The number of hydrogen-bond acceptors (Lipinski definition) is 9. The van der Waals surface area contributed by atoms with Gasteiger partial charge in [-0.2, -0.15) is 5.10 Å². The number of nitro benzene ring substituents is 1. The van der Waals surface area contributed by atoms with Crippen molar-refractivity contribution in [3.8, 4) is 23.0 Å². The Morgan fingerprint density at radius 1 is 1.08 bits per heavy atom. The van der Waals surface area contributed by atoms with Gasteiger partial charge in [0.05, 0.1) is 24.3 Å². The lowest BCUT2D eigenvalue weighted by Crippen LogP contribution is -2.32. The highest BCUT2D eigenvalue weighted by molar-refractivity contribution is 6.05. The average molecular weight is 503 g/mol. The van der Waals surface area contributed by atoms with E-state index in [4.69, 9.17) is 14.2 Å². The van der Waals surface area contributed by atoms with Crippen molar-refractivity contribution in [3.05, 3.63) is 93.2 Å². The van der Waals surface area contributed by atoms with Crippen LogP contribution in [0.4, 0.5) is 5.69 Å². The van der Waals surface area contributed by atoms with E-state index in [1.54, 1.807) is 48.5 Å². The topological polar surface area (TPSA) is 164 Å². The largest absolute Gasteiger partial charge is 0.870 e. The Hall–Kier alpha value is -5.39. The first-order valence-electron chi connectivity index (χ1n) is 10.7. The quantitative estimate of drug-likeness (QED) is 0.205. The lowest BCUT2D eigenvalue weighted by atomic mass is 10.1. The second-order valence-corrected chi connectivity index (χ2v) is 7.51. The number of methoxy groups -OCH3 is 1. The Morgan fingerprint density at radius 3 is 2.57 bits per heavy atom. The van der Waals surface area contributed by atoms with Crippen LogP contribution in [0, 0.1) is 10.1 Å². The molecule has 0 aromatic heterocycles. The van der Waals surface area contributed by atoms with Crippen LogP contribution in [-0.2, 0) is 4.79 Å². The first-order valence-corrected chi connectivity index (χ1v) is 10.7. The Bertz CT molecular complexity index is 1420. The van der Waals surface area contributed by atoms with Gasteiger partial charge in [0.1, 0.15) is 11.4 Å². The van der Waals surface area contributed by atoms with E-state index >= 15 is 0 Å². The summed E-state index contributed by atoms with van der Waals surface area (Å²) in [6, 6.07) is 15.2. The van der Waals surface area contributed by atoms with Crippen molar-refractivity contribution in [2.75, 3.05) is 13.9 Å². The summed E-state index contributed by atoms with van der Waals surface area (Å²) in [4.78, 5) is 36.1. The van der Waals surface area contributed by atoms with E-state index in [2.05, 4.69) is 15.8 Å². The summed E-state index contributed by atoms with van der Waals surface area (Å²) >= 11 is 0. The van der Waals surface area contributed by atoms with Gasteiger partial charge >= 0.3 is 0 Å². The summed E-state index contributed by atoms with van der Waals surface area (Å²) in [5, 5.41) is 29.8. The monoisotopic (exact) mass is 503 g/mol. The zero-order valence-electron chi connectivity index (χ0n) is 19.3. The Balaban J connectivity index is 1.59. The third kappa shape index (κ3) is 5.82. The van der Waals surface area contributed by atoms with Gasteiger partial charge in [-0.1, -0.05) is 30.0 Å². The summed E-state index contributed by atoms with van der Waals surface area (Å²) < 4.78 is 15.5. The van der Waals surface area contributed by atoms with E-state index in [-0.39, 0.29) is 29.5 Å². The number of nitrogens with zero attached hydrogens (tertiary/aromatic N) is 2. The fraction of sp³-hybridized carbons (Fsp3) is 0.0800. The molecule has 0 unspecified atom stereocenters. The predicted octanol–water partition coefficient (Wildman–Crippen LogP) is 2.33. The Morgan fingerprint density at radius 2 is 1.84 bits per heavy atom. The lowest BCUT2D eigenvalue weighted by molar-refractivity contribution is -0.385. The highest BCUT2D eigenvalue weighted by atomic mass is 16.7. The molecule has 0 radical (unpaired) electrons. The van der Waals surface area contributed by atoms with Crippen LogP contribution < -0.4 is 30.1 Å². The van der Waals surface area contributed by atoms with E-state index in [9.17, 15) is 24.8 Å². The number of non-ortho nitro benzene ring substituents is 1. The van der Waals surface area contributed by atoms with Gasteiger partial charge in [-0.05, 0) is 41.5 Å². The van der Waals surface area contributed by atoms with Gasteiger partial charge in [0.15, 0.2) is 11.5 Å². The number of hydrogen-bond donors (Lipinski definition) is 2. The van der Waals surface area contributed by atoms with Gasteiger partial charge in [-0.3, -0.25) is 19.7 Å². The van der Waals surface area contributed by atoms with Gasteiger partial charge in [0.2, 0.25) is 6.79 Å². The Labute approximate surface area is 209 Å². The number of benzene rings is 3. The minimum Gasteiger partial charge on any atom is -0.870 e. The molecule has 0 spiro atoms. The van der Waals surface area contributed by atoms with Crippen molar-refractivity contribution in [2.24, 2.45) is 5.10 Å². The summed E-state index contributed by atoms with van der Waals surface area (Å²) in [6.45, 7) is 0.0689. The molecule has 188 valence electrons. The molecule has 0 saturated heterocycles. The number of carbonyl (C=O) groups excluding carboxylic acids is 2. The standard InChI is InChI=1S/C25H20N4O8/c1-35-22-12-18(29(33)34)11-17(23(22)30)13-26-28-25(32)19(27-24(31)16-5-3-2-4-6-16)9-15-7-8-20-21(10-15)37-14-36-20/h2-13,30H,14H2,1H3,(H,27,31)(H,28,32)/p-1/b19-9?,26-13-. The van der Waals surface area contributed by atoms with Crippen LogP contribution in [0.25, 0.3) is 6.08 Å². The smallest absolute Gasteiger partial charge is 0.287 e. The number of carbonyl (C=O) groups is 2. The van der Waals surface area contributed by atoms with Crippen LogP contribution >= 0.6 is 0 Å². The molecule has 0 saturated carbocycles. The van der Waals surface area contributed by atoms with Crippen LogP contribution in [-0.4, -0.2) is 36.9 Å². The molecular formula is C25H19N4O8-. The summed E-state index contributed by atoms with van der Waals surface area (Å²) in [5.74, 6) is -1.24. The fourth-order valence-electron chi connectivity index (χ4n) is 3.29. The third-order valence-electron chi connectivity index (χ3n) is 5.11. The average Bonchev–Trinajstić information content (AvgIpc) is 3.37. The van der Waals surface area contributed by atoms with E-state index in [0.29, 0.717) is 22.6 Å². The van der Waals surface area contributed by atoms with Crippen LogP contribution in [0.5, 0.6) is 23.0 Å². The molecule has 0 bridgehead atoms. The zero-order chi connectivity index (χ0) is 26.4. The normalized spacial score (nSPS) is 12.3. The van der Waals surface area contributed by atoms with E-state index in [1.165, 1.54) is 13.2 Å². The van der Waals surface area contributed by atoms with Crippen LogP contribution in [0.3, 0.4) is 0 Å². The number of ether oxygens (including phenoxy) is 3. The second-order valence-electron chi connectivity index (χ2n) is 7.51. The molecule has 37 heavy (non-hydrogen) atoms. The van der Waals surface area contributed by atoms with E-state index in [1.807, 2.05) is 0 Å². The van der Waals surface area contributed by atoms with Crippen molar-refractivity contribution in [1.82, 2.24) is 10.7 Å². The fourth-order valence-corrected chi connectivity index (χ4v) is 3.29. The second kappa shape index (κ2) is 10.9. The van der Waals surface area contributed by atoms with Crippen LogP contribution in [0.15, 0.2) is 71.5 Å². The first-order chi connectivity index (χ1) is 17.9.